The molecule has 2 saturated carbocycles. The highest BCUT2D eigenvalue weighted by molar-refractivity contribution is 9.10. The van der Waals surface area contributed by atoms with E-state index < -0.39 is 0 Å². The Hall–Kier alpha value is -0.900. The van der Waals surface area contributed by atoms with Crippen LogP contribution < -0.4 is 5.32 Å². The van der Waals surface area contributed by atoms with E-state index in [4.69, 9.17) is 0 Å². The van der Waals surface area contributed by atoms with E-state index in [-0.39, 0.29) is 5.91 Å². The maximum absolute atomic E-state index is 12.0. The van der Waals surface area contributed by atoms with Gasteiger partial charge in [0.2, 0.25) is 5.91 Å². The first-order valence-electron chi connectivity index (χ1n) is 6.62. The summed E-state index contributed by atoms with van der Waals surface area (Å²) in [6.07, 6.45) is 7.70. The van der Waals surface area contributed by atoms with Crippen LogP contribution in [0.1, 0.15) is 32.1 Å². The van der Waals surface area contributed by atoms with Gasteiger partial charge in [-0.15, -0.1) is 0 Å². The second-order valence-corrected chi connectivity index (χ2v) is 6.46. The van der Waals surface area contributed by atoms with E-state index in [1.807, 2.05) is 12.1 Å². The Morgan fingerprint density at radius 1 is 1.39 bits per heavy atom. The molecule has 0 saturated heterocycles. The fraction of sp³-hybridized carbons (Fsp3) is 0.571. The molecule has 1 heterocycles. The highest BCUT2D eigenvalue weighted by Crippen LogP contribution is 2.49. The fourth-order valence-electron chi connectivity index (χ4n) is 3.51. The zero-order valence-corrected chi connectivity index (χ0v) is 11.8. The van der Waals surface area contributed by atoms with Gasteiger partial charge in [-0.1, -0.05) is 6.42 Å². The normalized spacial score (nSPS) is 29.5. The summed E-state index contributed by atoms with van der Waals surface area (Å²) >= 11 is 3.33. The molecule has 1 amide bonds. The summed E-state index contributed by atoms with van der Waals surface area (Å²) in [5, 5.41) is 2.88. The number of hydrogen-bond acceptors (Lipinski definition) is 2. The number of carbonyl (C=O) groups is 1. The van der Waals surface area contributed by atoms with Gasteiger partial charge in [0.1, 0.15) is 5.82 Å². The van der Waals surface area contributed by atoms with E-state index in [0.717, 1.165) is 16.3 Å². The summed E-state index contributed by atoms with van der Waals surface area (Å²) in [6.45, 7) is 0. The Morgan fingerprint density at radius 3 is 2.89 bits per heavy atom. The quantitative estimate of drug-likeness (QED) is 0.927. The SMILES string of the molecule is O=C(CC1CC2CCC1C2)Nc1ccc(Br)cn1. The standard InChI is InChI=1S/C14H17BrN2O/c15-12-3-4-13(16-8-12)17-14(18)7-11-6-9-1-2-10(11)5-9/h3-4,8-11H,1-2,5-7H2,(H,16,17,18). The molecule has 1 aromatic heterocycles. The molecule has 0 spiro atoms. The molecule has 3 nitrogen and oxygen atoms in total. The summed E-state index contributed by atoms with van der Waals surface area (Å²) in [4.78, 5) is 16.1. The fourth-order valence-corrected chi connectivity index (χ4v) is 3.74. The number of halogens is 1. The lowest BCUT2D eigenvalue weighted by molar-refractivity contribution is -0.117. The summed E-state index contributed by atoms with van der Waals surface area (Å²) in [7, 11) is 0. The molecule has 96 valence electrons. The minimum Gasteiger partial charge on any atom is -0.311 e. The Kier molecular flexibility index (Phi) is 3.37. The molecule has 2 bridgehead atoms. The molecule has 2 fully saturated rings. The van der Waals surface area contributed by atoms with Gasteiger partial charge >= 0.3 is 0 Å². The Morgan fingerprint density at radius 2 is 2.28 bits per heavy atom. The number of nitrogens with one attached hydrogen (secondary N) is 1. The molecule has 0 radical (unpaired) electrons. The molecule has 1 aromatic rings. The third-order valence-corrected chi connectivity index (χ3v) is 4.80. The lowest BCUT2D eigenvalue weighted by Crippen LogP contribution is -2.20. The number of amides is 1. The van der Waals surface area contributed by atoms with E-state index in [0.29, 0.717) is 18.2 Å². The van der Waals surface area contributed by atoms with Gasteiger partial charge in [-0.25, -0.2) is 4.98 Å². The molecule has 0 aromatic carbocycles. The summed E-state index contributed by atoms with van der Waals surface area (Å²) in [6, 6.07) is 3.71. The van der Waals surface area contributed by atoms with Crippen molar-refractivity contribution >= 4 is 27.7 Å². The van der Waals surface area contributed by atoms with Crippen LogP contribution in [0.5, 0.6) is 0 Å². The van der Waals surface area contributed by atoms with E-state index in [1.54, 1.807) is 6.20 Å². The van der Waals surface area contributed by atoms with Crippen LogP contribution in [0.15, 0.2) is 22.8 Å². The van der Waals surface area contributed by atoms with Crippen molar-refractivity contribution in [1.82, 2.24) is 4.98 Å². The topological polar surface area (TPSA) is 42.0 Å². The van der Waals surface area contributed by atoms with Crippen LogP contribution in [0.25, 0.3) is 0 Å². The van der Waals surface area contributed by atoms with Gasteiger partial charge in [0.25, 0.3) is 0 Å². The molecular weight excluding hydrogens is 292 g/mol. The number of rotatable bonds is 3. The van der Waals surface area contributed by atoms with Crippen LogP contribution in [0, 0.1) is 17.8 Å². The van der Waals surface area contributed by atoms with Crippen LogP contribution in [-0.2, 0) is 4.79 Å². The average molecular weight is 309 g/mol. The zero-order chi connectivity index (χ0) is 12.5. The Labute approximate surface area is 116 Å². The number of aromatic nitrogens is 1. The third kappa shape index (κ3) is 2.58. The van der Waals surface area contributed by atoms with Crippen molar-refractivity contribution in [2.24, 2.45) is 17.8 Å². The predicted molar refractivity (Wildman–Crippen MR) is 74.1 cm³/mol. The first-order valence-corrected chi connectivity index (χ1v) is 7.41. The molecular formula is C14H17BrN2O. The van der Waals surface area contributed by atoms with Crippen molar-refractivity contribution in [3.63, 3.8) is 0 Å². The van der Waals surface area contributed by atoms with Crippen molar-refractivity contribution in [1.29, 1.82) is 0 Å². The summed E-state index contributed by atoms with van der Waals surface area (Å²) in [5.41, 5.74) is 0. The van der Waals surface area contributed by atoms with E-state index in [2.05, 4.69) is 26.2 Å². The third-order valence-electron chi connectivity index (χ3n) is 4.33. The van der Waals surface area contributed by atoms with Crippen molar-refractivity contribution in [2.45, 2.75) is 32.1 Å². The molecule has 18 heavy (non-hydrogen) atoms. The van der Waals surface area contributed by atoms with Crippen LogP contribution in [0.2, 0.25) is 0 Å². The minimum absolute atomic E-state index is 0.113. The molecule has 4 heteroatoms. The largest absolute Gasteiger partial charge is 0.311 e. The van der Waals surface area contributed by atoms with Gasteiger partial charge in [0, 0.05) is 17.1 Å². The molecule has 3 unspecified atom stereocenters. The second kappa shape index (κ2) is 5.00. The van der Waals surface area contributed by atoms with Crippen LogP contribution in [0.4, 0.5) is 5.82 Å². The average Bonchev–Trinajstić information content (AvgIpc) is 2.94. The smallest absolute Gasteiger partial charge is 0.225 e. The monoisotopic (exact) mass is 308 g/mol. The van der Waals surface area contributed by atoms with Gasteiger partial charge in [-0.05, 0) is 65.1 Å². The van der Waals surface area contributed by atoms with Crippen LogP contribution >= 0.6 is 15.9 Å². The van der Waals surface area contributed by atoms with Gasteiger partial charge in [0.15, 0.2) is 0 Å². The van der Waals surface area contributed by atoms with Crippen LogP contribution in [-0.4, -0.2) is 10.9 Å². The number of carbonyl (C=O) groups excluding carboxylic acids is 1. The summed E-state index contributed by atoms with van der Waals surface area (Å²) < 4.78 is 0.925. The van der Waals surface area contributed by atoms with Gasteiger partial charge in [-0.3, -0.25) is 4.79 Å². The first kappa shape index (κ1) is 12.2. The second-order valence-electron chi connectivity index (χ2n) is 5.55. The molecule has 3 atom stereocenters. The van der Waals surface area contributed by atoms with E-state index >= 15 is 0 Å². The number of fused-ring (bicyclic) bond motifs is 2. The zero-order valence-electron chi connectivity index (χ0n) is 10.2. The maximum atomic E-state index is 12.0. The van der Waals surface area contributed by atoms with Crippen LogP contribution in [0.3, 0.4) is 0 Å². The maximum Gasteiger partial charge on any atom is 0.225 e. The van der Waals surface area contributed by atoms with E-state index in [9.17, 15) is 4.79 Å². The minimum atomic E-state index is 0.113. The summed E-state index contributed by atoms with van der Waals surface area (Å²) in [5.74, 6) is 3.07. The van der Waals surface area contributed by atoms with Gasteiger partial charge in [0.05, 0.1) is 0 Å². The highest BCUT2D eigenvalue weighted by Gasteiger charge is 2.40. The van der Waals surface area contributed by atoms with Crippen molar-refractivity contribution in [2.75, 3.05) is 5.32 Å². The number of anilines is 1. The Bertz CT molecular complexity index is 446. The molecule has 1 N–H and O–H groups in total. The van der Waals surface area contributed by atoms with E-state index in [1.165, 1.54) is 25.7 Å². The first-order chi connectivity index (χ1) is 8.70. The molecule has 2 aliphatic carbocycles. The van der Waals surface area contributed by atoms with Crippen molar-refractivity contribution in [3.05, 3.63) is 22.8 Å². The number of pyridine rings is 1. The van der Waals surface area contributed by atoms with Gasteiger partial charge < -0.3 is 5.32 Å². The highest BCUT2D eigenvalue weighted by atomic mass is 79.9. The van der Waals surface area contributed by atoms with Gasteiger partial charge in [-0.2, -0.15) is 0 Å². The van der Waals surface area contributed by atoms with Crippen molar-refractivity contribution < 1.29 is 4.79 Å². The molecule has 3 rings (SSSR count). The lowest BCUT2D eigenvalue weighted by Gasteiger charge is -2.20. The van der Waals surface area contributed by atoms with Crippen molar-refractivity contribution in [3.8, 4) is 0 Å². The number of hydrogen-bond donors (Lipinski definition) is 1. The number of nitrogens with zero attached hydrogens (tertiary/aromatic N) is 1. The Balaban J connectivity index is 1.54. The predicted octanol–water partition coefficient (Wildman–Crippen LogP) is 3.61. The molecule has 2 aliphatic rings. The molecule has 0 aliphatic heterocycles. The lowest BCUT2D eigenvalue weighted by atomic mass is 9.86.